The van der Waals surface area contributed by atoms with E-state index in [1.165, 1.54) is 30.4 Å². The number of para-hydroxylation sites is 1. The zero-order valence-corrected chi connectivity index (χ0v) is 15.2. The Kier molecular flexibility index (Phi) is 3.78. The molecule has 0 fully saturated rings. The average molecular weight is 387 g/mol. The van der Waals surface area contributed by atoms with Gasteiger partial charge in [-0.05, 0) is 31.2 Å². The maximum atomic E-state index is 12.6. The minimum atomic E-state index is -4.05. The minimum Gasteiger partial charge on any atom is -0.300 e. The number of hydrogen-bond acceptors (Lipinski definition) is 6. The van der Waals surface area contributed by atoms with E-state index >= 15 is 0 Å². The average Bonchev–Trinajstić information content (AvgIpc) is 3.11. The van der Waals surface area contributed by atoms with Gasteiger partial charge in [0.05, 0.1) is 15.8 Å². The number of amides is 2. The Balaban J connectivity index is 1.62. The molecule has 0 bridgehead atoms. The van der Waals surface area contributed by atoms with Gasteiger partial charge in [-0.1, -0.05) is 35.6 Å². The van der Waals surface area contributed by atoms with Crippen molar-refractivity contribution < 1.29 is 18.0 Å². The Morgan fingerprint density at radius 1 is 1.15 bits per heavy atom. The third-order valence-corrected chi connectivity index (χ3v) is 6.97. The fourth-order valence-electron chi connectivity index (χ4n) is 2.83. The lowest BCUT2D eigenvalue weighted by molar-refractivity contribution is -0.118. The van der Waals surface area contributed by atoms with Gasteiger partial charge in [-0.3, -0.25) is 9.59 Å². The fourth-order valence-corrected chi connectivity index (χ4v) is 5.42. The third-order valence-electron chi connectivity index (χ3n) is 4.11. The second kappa shape index (κ2) is 5.89. The van der Waals surface area contributed by atoms with Crippen LogP contribution in [0.15, 0.2) is 53.4 Å². The number of anilines is 1. The molecule has 3 aromatic rings. The van der Waals surface area contributed by atoms with Gasteiger partial charge in [0.1, 0.15) is 10.9 Å². The van der Waals surface area contributed by atoms with E-state index in [2.05, 4.69) is 10.3 Å². The van der Waals surface area contributed by atoms with E-state index in [1.807, 2.05) is 24.3 Å². The lowest BCUT2D eigenvalue weighted by atomic mass is 10.2. The summed E-state index contributed by atoms with van der Waals surface area (Å²) in [5.41, 5.74) is 0.810. The number of nitrogens with zero attached hydrogens (tertiary/aromatic N) is 2. The number of carbonyl (C=O) groups excluding carboxylic acids is 2. The molecule has 0 saturated heterocycles. The van der Waals surface area contributed by atoms with Crippen LogP contribution in [0.4, 0.5) is 5.13 Å². The Morgan fingerprint density at radius 2 is 1.85 bits per heavy atom. The van der Waals surface area contributed by atoms with Crippen LogP contribution in [0, 0.1) is 0 Å². The summed E-state index contributed by atoms with van der Waals surface area (Å²) in [7, 11) is -4.05. The summed E-state index contributed by atoms with van der Waals surface area (Å²) in [6.07, 6.45) is 0. The molecule has 1 aliphatic rings. The number of benzene rings is 2. The van der Waals surface area contributed by atoms with Gasteiger partial charge in [-0.2, -0.15) is 0 Å². The summed E-state index contributed by atoms with van der Waals surface area (Å²) >= 11 is 1.28. The van der Waals surface area contributed by atoms with E-state index in [-0.39, 0.29) is 10.5 Å². The van der Waals surface area contributed by atoms with Crippen LogP contribution in [-0.4, -0.2) is 35.6 Å². The Labute approximate surface area is 153 Å². The van der Waals surface area contributed by atoms with E-state index in [0.717, 1.165) is 10.2 Å². The van der Waals surface area contributed by atoms with Crippen LogP contribution in [-0.2, 0) is 14.8 Å². The first kappa shape index (κ1) is 16.7. The highest BCUT2D eigenvalue weighted by molar-refractivity contribution is 7.90. The van der Waals surface area contributed by atoms with Gasteiger partial charge in [-0.15, -0.1) is 0 Å². The lowest BCUT2D eigenvalue weighted by Crippen LogP contribution is -2.45. The van der Waals surface area contributed by atoms with Gasteiger partial charge in [0, 0.05) is 0 Å². The van der Waals surface area contributed by atoms with Crippen LogP contribution in [0.25, 0.3) is 10.2 Å². The van der Waals surface area contributed by atoms with Crippen molar-refractivity contribution in [1.29, 1.82) is 0 Å². The predicted octanol–water partition coefficient (Wildman–Crippen LogP) is 2.47. The second-order valence-corrected chi connectivity index (χ2v) is 8.57. The van der Waals surface area contributed by atoms with E-state index < -0.39 is 27.9 Å². The Morgan fingerprint density at radius 3 is 2.58 bits per heavy atom. The molecule has 7 nitrogen and oxygen atoms in total. The van der Waals surface area contributed by atoms with Gasteiger partial charge < -0.3 is 5.32 Å². The maximum absolute atomic E-state index is 12.6. The first-order valence-corrected chi connectivity index (χ1v) is 9.99. The summed E-state index contributed by atoms with van der Waals surface area (Å²) < 4.78 is 26.8. The molecule has 26 heavy (non-hydrogen) atoms. The number of rotatable bonds is 3. The van der Waals surface area contributed by atoms with Gasteiger partial charge in [0.2, 0.25) is 5.91 Å². The van der Waals surface area contributed by atoms with Gasteiger partial charge in [-0.25, -0.2) is 17.7 Å². The van der Waals surface area contributed by atoms with Gasteiger partial charge >= 0.3 is 0 Å². The van der Waals surface area contributed by atoms with Crippen molar-refractivity contribution >= 4 is 48.5 Å². The smallest absolute Gasteiger partial charge is 0.269 e. The Hall–Kier alpha value is -2.78. The number of carbonyl (C=O) groups is 2. The number of fused-ring (bicyclic) bond motifs is 2. The summed E-state index contributed by atoms with van der Waals surface area (Å²) in [5.74, 6) is -1.32. The molecule has 0 spiro atoms. The quantitative estimate of drug-likeness (QED) is 0.745. The molecule has 4 rings (SSSR count). The second-order valence-electron chi connectivity index (χ2n) is 5.75. The molecule has 0 radical (unpaired) electrons. The van der Waals surface area contributed by atoms with Crippen molar-refractivity contribution in [3.05, 3.63) is 54.1 Å². The molecule has 2 aromatic carbocycles. The zero-order valence-electron chi connectivity index (χ0n) is 13.5. The molecular weight excluding hydrogens is 374 g/mol. The molecule has 2 heterocycles. The van der Waals surface area contributed by atoms with Crippen LogP contribution in [0.5, 0.6) is 0 Å². The molecule has 1 N–H and O–H groups in total. The molecule has 1 atom stereocenters. The van der Waals surface area contributed by atoms with E-state index in [1.54, 1.807) is 12.1 Å². The Bertz CT molecular complexity index is 1120. The number of sulfonamides is 1. The third kappa shape index (κ3) is 2.47. The van der Waals surface area contributed by atoms with E-state index in [4.69, 9.17) is 0 Å². The minimum absolute atomic E-state index is 0.0761. The fraction of sp³-hybridized carbons (Fsp3) is 0.118. The van der Waals surface area contributed by atoms with Crippen LogP contribution in [0.1, 0.15) is 17.3 Å². The van der Waals surface area contributed by atoms with Crippen molar-refractivity contribution in [3.8, 4) is 0 Å². The zero-order chi connectivity index (χ0) is 18.5. The summed E-state index contributed by atoms with van der Waals surface area (Å²) in [5, 5.41) is 2.95. The number of nitrogens with one attached hydrogen (secondary N) is 1. The van der Waals surface area contributed by atoms with E-state index in [0.29, 0.717) is 9.44 Å². The number of thiazole rings is 1. The summed E-state index contributed by atoms with van der Waals surface area (Å²) in [4.78, 5) is 29.3. The van der Waals surface area contributed by atoms with E-state index in [9.17, 15) is 18.0 Å². The van der Waals surface area contributed by atoms with Crippen molar-refractivity contribution in [2.24, 2.45) is 0 Å². The molecule has 0 unspecified atom stereocenters. The largest absolute Gasteiger partial charge is 0.300 e. The standard InChI is InChI=1S/C17H13N3O4S2/c1-10(15(21)19-17-18-12-7-3-4-8-13(12)25-17)20-16(22)11-6-2-5-9-14(11)26(20,23)24/h2-10H,1H3,(H,18,19,21)/t10-/m1/s1. The predicted molar refractivity (Wildman–Crippen MR) is 97.5 cm³/mol. The molecule has 9 heteroatoms. The molecule has 132 valence electrons. The molecule has 0 aliphatic carbocycles. The first-order chi connectivity index (χ1) is 12.4. The summed E-state index contributed by atoms with van der Waals surface area (Å²) in [6.45, 7) is 1.38. The van der Waals surface area contributed by atoms with Crippen LogP contribution >= 0.6 is 11.3 Å². The topological polar surface area (TPSA) is 96.4 Å². The van der Waals surface area contributed by atoms with Crippen molar-refractivity contribution in [2.45, 2.75) is 17.9 Å². The molecule has 1 aliphatic heterocycles. The SMILES string of the molecule is C[C@H](C(=O)Nc1nc2ccccc2s1)N1C(=O)c2ccccc2S1(=O)=O. The monoisotopic (exact) mass is 387 g/mol. The highest BCUT2D eigenvalue weighted by Crippen LogP contribution is 2.32. The number of hydrogen-bond donors (Lipinski definition) is 1. The molecule has 0 saturated carbocycles. The molecular formula is C17H13N3O4S2. The normalized spacial score (nSPS) is 16.5. The van der Waals surface area contributed by atoms with Gasteiger partial charge in [0.25, 0.3) is 15.9 Å². The van der Waals surface area contributed by atoms with Crippen molar-refractivity contribution in [3.63, 3.8) is 0 Å². The highest BCUT2D eigenvalue weighted by Gasteiger charge is 2.45. The highest BCUT2D eigenvalue weighted by atomic mass is 32.2. The lowest BCUT2D eigenvalue weighted by Gasteiger charge is -2.21. The van der Waals surface area contributed by atoms with Gasteiger partial charge in [0.15, 0.2) is 5.13 Å². The van der Waals surface area contributed by atoms with Crippen molar-refractivity contribution in [1.82, 2.24) is 9.29 Å². The first-order valence-electron chi connectivity index (χ1n) is 7.74. The van der Waals surface area contributed by atoms with Crippen LogP contribution in [0.3, 0.4) is 0 Å². The van der Waals surface area contributed by atoms with Crippen LogP contribution in [0.2, 0.25) is 0 Å². The number of aromatic nitrogens is 1. The maximum Gasteiger partial charge on any atom is 0.269 e. The molecule has 1 aromatic heterocycles. The van der Waals surface area contributed by atoms with Crippen molar-refractivity contribution in [2.75, 3.05) is 5.32 Å². The van der Waals surface area contributed by atoms with Crippen LogP contribution < -0.4 is 5.32 Å². The molecule has 2 amide bonds. The summed E-state index contributed by atoms with van der Waals surface area (Å²) in [6, 6.07) is 12.1.